The van der Waals surface area contributed by atoms with Gasteiger partial charge < -0.3 is 25.4 Å². The summed E-state index contributed by atoms with van der Waals surface area (Å²) in [6, 6.07) is 14.0. The van der Waals surface area contributed by atoms with Crippen LogP contribution in [0.15, 0.2) is 48.5 Å². The number of likely N-dealkylation sites (N-methyl/N-ethyl adjacent to an activating group) is 1. The monoisotopic (exact) mass is 425 g/mol. The Kier molecular flexibility index (Phi) is 6.91. The van der Waals surface area contributed by atoms with Crippen LogP contribution in [-0.2, 0) is 14.3 Å². The summed E-state index contributed by atoms with van der Waals surface area (Å²) >= 11 is 0. The minimum absolute atomic E-state index is 0.0914. The van der Waals surface area contributed by atoms with Crippen LogP contribution < -0.4 is 10.6 Å². The van der Waals surface area contributed by atoms with E-state index in [4.69, 9.17) is 9.84 Å². The van der Waals surface area contributed by atoms with Crippen LogP contribution in [0.4, 0.5) is 4.79 Å². The molecule has 8 nitrogen and oxygen atoms in total. The lowest BCUT2D eigenvalue weighted by Crippen LogP contribution is -2.54. The average Bonchev–Trinajstić information content (AvgIpc) is 3.05. The van der Waals surface area contributed by atoms with E-state index in [9.17, 15) is 14.4 Å². The molecule has 3 rings (SSSR count). The fourth-order valence-corrected chi connectivity index (χ4v) is 3.72. The molecule has 0 aliphatic heterocycles. The molecule has 0 heterocycles. The summed E-state index contributed by atoms with van der Waals surface area (Å²) < 4.78 is 5.49. The first-order valence-corrected chi connectivity index (χ1v) is 10.1. The van der Waals surface area contributed by atoms with Crippen LogP contribution in [0.5, 0.6) is 0 Å². The number of aliphatic carboxylic acids is 1. The lowest BCUT2D eigenvalue weighted by atomic mass is 9.98. The minimum atomic E-state index is -1.15. The smallest absolute Gasteiger partial charge is 0.407 e. The van der Waals surface area contributed by atoms with Gasteiger partial charge in [-0.2, -0.15) is 0 Å². The van der Waals surface area contributed by atoms with Crippen LogP contribution in [0, 0.1) is 0 Å². The van der Waals surface area contributed by atoms with Crippen LogP contribution in [0.25, 0.3) is 11.1 Å². The minimum Gasteiger partial charge on any atom is -0.480 e. The van der Waals surface area contributed by atoms with Gasteiger partial charge in [-0.15, -0.1) is 0 Å². The topological polar surface area (TPSA) is 108 Å². The highest BCUT2D eigenvalue weighted by Crippen LogP contribution is 2.44. The summed E-state index contributed by atoms with van der Waals surface area (Å²) in [4.78, 5) is 37.7. The van der Waals surface area contributed by atoms with E-state index in [-0.39, 0.29) is 19.1 Å². The molecule has 2 amide bonds. The van der Waals surface area contributed by atoms with Gasteiger partial charge in [0.05, 0.1) is 0 Å². The first-order valence-electron chi connectivity index (χ1n) is 10.1. The van der Waals surface area contributed by atoms with Gasteiger partial charge in [-0.25, -0.2) is 4.79 Å². The van der Waals surface area contributed by atoms with Gasteiger partial charge in [0.2, 0.25) is 5.91 Å². The molecule has 8 heteroatoms. The van der Waals surface area contributed by atoms with Gasteiger partial charge in [0.25, 0.3) is 0 Å². The molecule has 0 bridgehead atoms. The maximum Gasteiger partial charge on any atom is 0.407 e. The number of alkyl carbamates (subject to hydrolysis) is 1. The van der Waals surface area contributed by atoms with E-state index >= 15 is 0 Å². The summed E-state index contributed by atoms with van der Waals surface area (Å²) in [6.07, 6.45) is -0.730. The van der Waals surface area contributed by atoms with Gasteiger partial charge in [-0.1, -0.05) is 48.5 Å². The number of rotatable bonds is 8. The Bertz CT molecular complexity index is 930. The molecule has 3 N–H and O–H groups in total. The van der Waals surface area contributed by atoms with E-state index in [1.54, 1.807) is 19.0 Å². The summed E-state index contributed by atoms with van der Waals surface area (Å²) in [5.41, 5.74) is 4.43. The second-order valence-corrected chi connectivity index (χ2v) is 7.85. The number of carboxylic acids is 1. The van der Waals surface area contributed by atoms with E-state index in [0.717, 1.165) is 22.3 Å². The van der Waals surface area contributed by atoms with Gasteiger partial charge in [-0.05, 0) is 43.3 Å². The summed E-state index contributed by atoms with van der Waals surface area (Å²) in [5, 5.41) is 13.9. The maximum atomic E-state index is 12.5. The lowest BCUT2D eigenvalue weighted by Gasteiger charge is -2.23. The Balaban J connectivity index is 1.66. The van der Waals surface area contributed by atoms with Crippen molar-refractivity contribution in [3.8, 4) is 11.1 Å². The highest BCUT2D eigenvalue weighted by atomic mass is 16.5. The zero-order chi connectivity index (χ0) is 22.5. The zero-order valence-corrected chi connectivity index (χ0v) is 17.8. The fourth-order valence-electron chi connectivity index (χ4n) is 3.72. The van der Waals surface area contributed by atoms with Crippen LogP contribution in [0.3, 0.4) is 0 Å². The van der Waals surface area contributed by atoms with Crippen molar-refractivity contribution < 1.29 is 24.2 Å². The van der Waals surface area contributed by atoms with E-state index in [1.165, 1.54) is 6.92 Å². The number of hydrogen-bond acceptors (Lipinski definition) is 5. The Morgan fingerprint density at radius 2 is 1.55 bits per heavy atom. The number of ether oxygens (including phenoxy) is 1. The van der Waals surface area contributed by atoms with Crippen LogP contribution in [0.1, 0.15) is 24.0 Å². The Morgan fingerprint density at radius 3 is 2.06 bits per heavy atom. The quantitative estimate of drug-likeness (QED) is 0.597. The first-order chi connectivity index (χ1) is 14.8. The Morgan fingerprint density at radius 1 is 1.00 bits per heavy atom. The molecule has 0 radical (unpaired) electrons. The molecular weight excluding hydrogens is 398 g/mol. The SMILES string of the molecule is C[C@@H](NC(=O)[C@H](CN(C)C)NC(=O)OCC1c2ccccc2-c2ccccc21)C(=O)O. The fraction of sp³-hybridized carbons (Fsp3) is 0.348. The van der Waals surface area contributed by atoms with Gasteiger partial charge in [0.15, 0.2) is 0 Å². The predicted molar refractivity (Wildman–Crippen MR) is 116 cm³/mol. The number of amides is 2. The second-order valence-electron chi connectivity index (χ2n) is 7.85. The van der Waals surface area contributed by atoms with Crippen molar-refractivity contribution in [1.82, 2.24) is 15.5 Å². The van der Waals surface area contributed by atoms with Gasteiger partial charge in [0, 0.05) is 12.5 Å². The number of nitrogens with zero attached hydrogens (tertiary/aromatic N) is 1. The summed E-state index contributed by atoms with van der Waals surface area (Å²) in [6.45, 7) is 1.68. The molecule has 0 unspecified atom stereocenters. The van der Waals surface area contributed by atoms with E-state index in [2.05, 4.69) is 22.8 Å². The summed E-state index contributed by atoms with van der Waals surface area (Å²) in [7, 11) is 3.50. The van der Waals surface area contributed by atoms with Gasteiger partial charge >= 0.3 is 12.1 Å². The Labute approximate surface area is 181 Å². The standard InChI is InChI=1S/C23H27N3O5/c1-14(22(28)29)24-21(27)20(12-26(2)3)25-23(30)31-13-19-17-10-6-4-8-15(17)16-9-5-7-11-18(16)19/h4-11,14,19-20H,12-13H2,1-3H3,(H,24,27)(H,25,30)(H,28,29)/t14-,20+/m1/s1. The van der Waals surface area contributed by atoms with Crippen molar-refractivity contribution in [2.75, 3.05) is 27.2 Å². The van der Waals surface area contributed by atoms with Crippen molar-refractivity contribution in [2.24, 2.45) is 0 Å². The third-order valence-corrected chi connectivity index (χ3v) is 5.23. The number of carbonyl (C=O) groups excluding carboxylic acids is 2. The largest absolute Gasteiger partial charge is 0.480 e. The van der Waals surface area contributed by atoms with Gasteiger partial charge in [0.1, 0.15) is 18.7 Å². The van der Waals surface area contributed by atoms with Crippen molar-refractivity contribution in [1.29, 1.82) is 0 Å². The number of carbonyl (C=O) groups is 3. The number of benzene rings is 2. The van der Waals surface area contributed by atoms with Crippen molar-refractivity contribution >= 4 is 18.0 Å². The molecule has 1 aliphatic carbocycles. The van der Waals surface area contributed by atoms with Crippen molar-refractivity contribution in [3.05, 3.63) is 59.7 Å². The maximum absolute atomic E-state index is 12.5. The third-order valence-electron chi connectivity index (χ3n) is 5.23. The Hall–Kier alpha value is -3.39. The summed E-state index contributed by atoms with van der Waals surface area (Å²) in [5.74, 6) is -1.83. The highest BCUT2D eigenvalue weighted by molar-refractivity contribution is 5.89. The highest BCUT2D eigenvalue weighted by Gasteiger charge is 2.30. The van der Waals surface area contributed by atoms with Gasteiger partial charge in [-0.3, -0.25) is 9.59 Å². The second kappa shape index (κ2) is 9.61. The van der Waals surface area contributed by atoms with E-state index < -0.39 is 30.1 Å². The molecule has 0 spiro atoms. The molecule has 0 aromatic heterocycles. The lowest BCUT2D eigenvalue weighted by molar-refractivity contribution is -0.141. The molecule has 164 valence electrons. The predicted octanol–water partition coefficient (Wildman–Crippen LogP) is 2.04. The van der Waals surface area contributed by atoms with Crippen LogP contribution in [0.2, 0.25) is 0 Å². The van der Waals surface area contributed by atoms with Crippen molar-refractivity contribution in [2.45, 2.75) is 24.9 Å². The first kappa shape index (κ1) is 22.3. The van der Waals surface area contributed by atoms with E-state index in [0.29, 0.717) is 0 Å². The molecule has 2 aromatic carbocycles. The normalized spacial score (nSPS) is 14.3. The molecule has 2 atom stereocenters. The molecule has 31 heavy (non-hydrogen) atoms. The number of hydrogen-bond donors (Lipinski definition) is 3. The molecule has 1 aliphatic rings. The third kappa shape index (κ3) is 5.21. The molecule has 0 saturated carbocycles. The van der Waals surface area contributed by atoms with Crippen molar-refractivity contribution in [3.63, 3.8) is 0 Å². The molecule has 0 fully saturated rings. The number of fused-ring (bicyclic) bond motifs is 3. The van der Waals surface area contributed by atoms with E-state index in [1.807, 2.05) is 36.4 Å². The molecule has 0 saturated heterocycles. The van der Waals surface area contributed by atoms with Crippen LogP contribution >= 0.6 is 0 Å². The average molecular weight is 425 g/mol. The number of nitrogens with one attached hydrogen (secondary N) is 2. The number of carboxylic acid groups (broad SMARTS) is 1. The zero-order valence-electron chi connectivity index (χ0n) is 17.8. The molecular formula is C23H27N3O5. The molecule has 2 aromatic rings. The van der Waals surface area contributed by atoms with Crippen LogP contribution in [-0.4, -0.2) is 67.3 Å².